The summed E-state index contributed by atoms with van der Waals surface area (Å²) in [5, 5.41) is 10.8. The number of anilines is 1. The van der Waals surface area contributed by atoms with Gasteiger partial charge in [-0.3, -0.25) is 4.79 Å². The summed E-state index contributed by atoms with van der Waals surface area (Å²) < 4.78 is 61.3. The highest BCUT2D eigenvalue weighted by molar-refractivity contribution is 5.66. The van der Waals surface area contributed by atoms with Gasteiger partial charge in [-0.1, -0.05) is 12.1 Å². The van der Waals surface area contributed by atoms with Gasteiger partial charge in [0, 0.05) is 44.1 Å². The van der Waals surface area contributed by atoms with Crippen LogP contribution in [-0.4, -0.2) is 56.1 Å². The minimum Gasteiger partial charge on any atom is -0.462 e. The van der Waals surface area contributed by atoms with E-state index in [2.05, 4.69) is 20.6 Å². The van der Waals surface area contributed by atoms with Crippen molar-refractivity contribution in [2.45, 2.75) is 56.9 Å². The predicted octanol–water partition coefficient (Wildman–Crippen LogP) is 6.07. The van der Waals surface area contributed by atoms with Crippen molar-refractivity contribution in [3.8, 4) is 11.8 Å². The van der Waals surface area contributed by atoms with Gasteiger partial charge in [0.05, 0.1) is 11.5 Å². The van der Waals surface area contributed by atoms with Crippen molar-refractivity contribution in [1.29, 1.82) is 5.26 Å². The Balaban J connectivity index is 1.21. The molecule has 2 aromatic carbocycles. The van der Waals surface area contributed by atoms with Crippen molar-refractivity contribution in [2.75, 3.05) is 37.6 Å². The molecule has 2 saturated heterocycles. The maximum atomic E-state index is 14.4. The van der Waals surface area contributed by atoms with Crippen LogP contribution in [-0.2, 0) is 14.9 Å². The largest absolute Gasteiger partial charge is 0.573 e. The first kappa shape index (κ1) is 29.2. The van der Waals surface area contributed by atoms with Crippen molar-refractivity contribution >= 4 is 11.7 Å². The quantitative estimate of drug-likeness (QED) is 0.282. The van der Waals surface area contributed by atoms with Crippen LogP contribution in [0.3, 0.4) is 0 Å². The highest BCUT2D eigenvalue weighted by atomic mass is 19.4. The molecule has 6 nitrogen and oxygen atoms in total. The number of benzene rings is 2. The minimum atomic E-state index is -4.71. The number of alkyl halides is 3. The molecular weight excluding hydrogens is 538 g/mol. The van der Waals surface area contributed by atoms with E-state index in [1.54, 1.807) is 18.2 Å². The molecule has 220 valence electrons. The average molecular weight is 574 g/mol. The highest BCUT2D eigenvalue weighted by Crippen LogP contribution is 2.51. The molecule has 3 fully saturated rings. The molecule has 0 bridgehead atoms. The van der Waals surface area contributed by atoms with Crippen LogP contribution in [0.4, 0.5) is 23.2 Å². The fraction of sp³-hybridized carbons (Fsp3) is 0.548. The maximum Gasteiger partial charge on any atom is 0.573 e. The maximum absolute atomic E-state index is 14.4. The zero-order valence-electron chi connectivity index (χ0n) is 23.1. The van der Waals surface area contributed by atoms with E-state index in [9.17, 15) is 27.6 Å². The summed E-state index contributed by atoms with van der Waals surface area (Å²) in [6, 6.07) is 14.9. The molecule has 1 saturated carbocycles. The summed E-state index contributed by atoms with van der Waals surface area (Å²) >= 11 is 0. The van der Waals surface area contributed by atoms with E-state index in [0.29, 0.717) is 17.9 Å². The topological polar surface area (TPSA) is 65.8 Å². The Morgan fingerprint density at radius 3 is 2.37 bits per heavy atom. The van der Waals surface area contributed by atoms with Crippen LogP contribution in [0.1, 0.15) is 44.6 Å². The number of likely N-dealkylation sites (tertiary alicyclic amines) is 1. The summed E-state index contributed by atoms with van der Waals surface area (Å²) in [6.45, 7) is 5.55. The number of carbonyl (C=O) groups excluding carboxylic acids is 1. The van der Waals surface area contributed by atoms with Crippen molar-refractivity contribution in [3.63, 3.8) is 0 Å². The van der Waals surface area contributed by atoms with E-state index in [0.717, 1.165) is 64.1 Å². The molecule has 10 heteroatoms. The van der Waals surface area contributed by atoms with Gasteiger partial charge in [0.15, 0.2) is 0 Å². The molecule has 1 unspecified atom stereocenters. The van der Waals surface area contributed by atoms with E-state index in [1.807, 2.05) is 6.07 Å². The fourth-order valence-corrected chi connectivity index (χ4v) is 7.23. The Labute approximate surface area is 237 Å². The first-order valence-corrected chi connectivity index (χ1v) is 14.2. The van der Waals surface area contributed by atoms with Crippen LogP contribution < -0.4 is 9.64 Å². The lowest BCUT2D eigenvalue weighted by molar-refractivity contribution is -0.274. The highest BCUT2D eigenvalue weighted by Gasteiger charge is 2.53. The van der Waals surface area contributed by atoms with Gasteiger partial charge in [-0.2, -0.15) is 5.26 Å². The van der Waals surface area contributed by atoms with Crippen LogP contribution >= 0.6 is 0 Å². The molecule has 2 heterocycles. The number of rotatable bonds is 8. The molecule has 5 rings (SSSR count). The number of esters is 1. The van der Waals surface area contributed by atoms with Gasteiger partial charge in [-0.15, -0.1) is 13.2 Å². The normalized spacial score (nSPS) is 23.9. The molecule has 0 spiro atoms. The number of hydrogen-bond acceptors (Lipinski definition) is 6. The number of nitrogens with zero attached hydrogens (tertiary/aromatic N) is 3. The van der Waals surface area contributed by atoms with Crippen LogP contribution in [0.2, 0.25) is 0 Å². The Hall–Kier alpha value is -3.32. The SMILES string of the molecule is CC(=O)O[C@@H]1CCC[C@H]1C(C#N)(c1cccc(F)c1)C1CCN(CC2CN(c3ccc(OC(F)(F)F)cc3)C2)CC1. The first-order valence-electron chi connectivity index (χ1n) is 14.2. The second-order valence-corrected chi connectivity index (χ2v) is 11.6. The van der Waals surface area contributed by atoms with Gasteiger partial charge in [-0.25, -0.2) is 4.39 Å². The van der Waals surface area contributed by atoms with Crippen molar-refractivity contribution in [3.05, 3.63) is 59.9 Å². The first-order chi connectivity index (χ1) is 19.6. The molecule has 0 amide bonds. The van der Waals surface area contributed by atoms with E-state index < -0.39 is 11.8 Å². The third-order valence-electron chi connectivity index (χ3n) is 8.98. The number of carbonyl (C=O) groups is 1. The summed E-state index contributed by atoms with van der Waals surface area (Å²) in [7, 11) is 0. The van der Waals surface area contributed by atoms with E-state index in [1.165, 1.54) is 31.2 Å². The Morgan fingerprint density at radius 1 is 1.05 bits per heavy atom. The molecule has 41 heavy (non-hydrogen) atoms. The summed E-state index contributed by atoms with van der Waals surface area (Å²) in [6.07, 6.45) is -1.18. The van der Waals surface area contributed by atoms with Gasteiger partial charge < -0.3 is 19.3 Å². The summed E-state index contributed by atoms with van der Waals surface area (Å²) in [5.41, 5.74) is 0.589. The predicted molar refractivity (Wildman–Crippen MR) is 145 cm³/mol. The molecule has 0 radical (unpaired) electrons. The number of ether oxygens (including phenoxy) is 2. The average Bonchev–Trinajstić information content (AvgIpc) is 3.35. The Bertz CT molecular complexity index is 1250. The van der Waals surface area contributed by atoms with E-state index >= 15 is 0 Å². The second-order valence-electron chi connectivity index (χ2n) is 11.6. The van der Waals surface area contributed by atoms with E-state index in [-0.39, 0.29) is 35.5 Å². The van der Waals surface area contributed by atoms with Crippen molar-refractivity contribution in [1.82, 2.24) is 4.90 Å². The standard InChI is InChI=1S/C31H35F4N3O3/c1-21(39)40-29-7-3-6-28(29)30(20-36,24-4-2-5-25(32)16-24)23-12-14-37(15-13-23)17-22-18-38(19-22)26-8-10-27(11-9-26)41-31(33,34)35/h2,4-5,8-11,16,22-23,28-29H,3,6-7,12-15,17-19H2,1H3/t28-,29-,30?/m1/s1. The molecule has 3 atom stereocenters. The number of halogens is 4. The third-order valence-corrected chi connectivity index (χ3v) is 8.98. The van der Waals surface area contributed by atoms with Gasteiger partial charge in [0.25, 0.3) is 0 Å². The van der Waals surface area contributed by atoms with Crippen LogP contribution in [0.15, 0.2) is 48.5 Å². The molecule has 2 aromatic rings. The number of nitriles is 1. The molecule has 0 aromatic heterocycles. The van der Waals surface area contributed by atoms with Crippen LogP contribution in [0.5, 0.6) is 5.75 Å². The molecule has 1 aliphatic carbocycles. The number of piperidine rings is 1. The van der Waals surface area contributed by atoms with Crippen LogP contribution in [0.25, 0.3) is 0 Å². The molecule has 2 aliphatic heterocycles. The Kier molecular flexibility index (Phi) is 8.46. The lowest BCUT2D eigenvalue weighted by atomic mass is 9.59. The lowest BCUT2D eigenvalue weighted by Crippen LogP contribution is -2.54. The third kappa shape index (κ3) is 6.45. The van der Waals surface area contributed by atoms with Gasteiger partial charge in [0.2, 0.25) is 0 Å². The minimum absolute atomic E-state index is 0.00188. The molecular formula is C31H35F4N3O3. The Morgan fingerprint density at radius 2 is 1.76 bits per heavy atom. The van der Waals surface area contributed by atoms with Crippen molar-refractivity contribution < 1.29 is 31.8 Å². The fourth-order valence-electron chi connectivity index (χ4n) is 7.23. The lowest BCUT2D eigenvalue weighted by Gasteiger charge is -2.47. The summed E-state index contributed by atoms with van der Waals surface area (Å²) in [5.74, 6) is -0.721. The van der Waals surface area contributed by atoms with Gasteiger partial charge in [0.1, 0.15) is 17.7 Å². The monoisotopic (exact) mass is 573 g/mol. The zero-order valence-corrected chi connectivity index (χ0v) is 23.1. The molecule has 3 aliphatic rings. The molecule has 0 N–H and O–H groups in total. The van der Waals surface area contributed by atoms with E-state index in [4.69, 9.17) is 4.74 Å². The smallest absolute Gasteiger partial charge is 0.462 e. The zero-order chi connectivity index (χ0) is 29.2. The number of hydrogen-bond donors (Lipinski definition) is 0. The van der Waals surface area contributed by atoms with Gasteiger partial charge in [-0.05, 0) is 93.1 Å². The second kappa shape index (κ2) is 11.9. The van der Waals surface area contributed by atoms with Crippen LogP contribution in [0, 0.1) is 34.9 Å². The van der Waals surface area contributed by atoms with Gasteiger partial charge >= 0.3 is 12.3 Å². The van der Waals surface area contributed by atoms with Crippen molar-refractivity contribution in [2.24, 2.45) is 17.8 Å². The summed E-state index contributed by atoms with van der Waals surface area (Å²) in [4.78, 5) is 16.4.